The first-order valence-electron chi connectivity index (χ1n) is 8.57. The van der Waals surface area contributed by atoms with Crippen LogP contribution in [0.3, 0.4) is 0 Å². The minimum Gasteiger partial charge on any atom is -0.207 e. The van der Waals surface area contributed by atoms with Crippen LogP contribution in [0.1, 0.15) is 0 Å². The van der Waals surface area contributed by atoms with Crippen molar-refractivity contribution in [2.45, 2.75) is 9.79 Å². The Kier molecular flexibility index (Phi) is 5.03. The second kappa shape index (κ2) is 7.77. The second-order valence-electron chi connectivity index (χ2n) is 6.16. The molecule has 0 aromatic heterocycles. The fourth-order valence-corrected chi connectivity index (χ4v) is 3.67. The molecule has 0 aliphatic rings. The van der Waals surface area contributed by atoms with Crippen molar-refractivity contribution in [2.75, 3.05) is 0 Å². The van der Waals surface area contributed by atoms with E-state index >= 15 is 0 Å². The van der Waals surface area contributed by atoms with Gasteiger partial charge in [0.25, 0.3) is 0 Å². The molecule has 0 saturated carbocycles. The number of halogens is 2. The normalized spacial score (nSPS) is 10.7. The van der Waals surface area contributed by atoms with Crippen molar-refractivity contribution in [3.8, 4) is 22.3 Å². The van der Waals surface area contributed by atoms with Crippen LogP contribution < -0.4 is 0 Å². The van der Waals surface area contributed by atoms with Crippen molar-refractivity contribution < 1.29 is 8.78 Å². The van der Waals surface area contributed by atoms with Crippen molar-refractivity contribution in [1.29, 1.82) is 0 Å². The summed E-state index contributed by atoms with van der Waals surface area (Å²) in [5.41, 5.74) is 4.12. The zero-order chi connectivity index (χ0) is 18.6. The third-order valence-corrected chi connectivity index (χ3v) is 5.32. The van der Waals surface area contributed by atoms with E-state index in [1.165, 1.54) is 24.3 Å². The molecule has 0 radical (unpaired) electrons. The molecule has 132 valence electrons. The van der Waals surface area contributed by atoms with E-state index in [0.29, 0.717) is 0 Å². The van der Waals surface area contributed by atoms with Gasteiger partial charge < -0.3 is 0 Å². The van der Waals surface area contributed by atoms with Crippen LogP contribution in [0.25, 0.3) is 22.3 Å². The molecule has 27 heavy (non-hydrogen) atoms. The third-order valence-electron chi connectivity index (χ3n) is 4.30. The van der Waals surface area contributed by atoms with E-state index in [4.69, 9.17) is 0 Å². The molecule has 4 rings (SSSR count). The highest BCUT2D eigenvalue weighted by molar-refractivity contribution is 7.99. The maximum Gasteiger partial charge on any atom is 0.123 e. The molecule has 0 unspecified atom stereocenters. The SMILES string of the molecule is Fc1ccc(-c2ccc(Sc3ccc(-c4ccc(F)cc4)cc3)cc2)cc1. The van der Waals surface area contributed by atoms with E-state index in [-0.39, 0.29) is 11.6 Å². The predicted octanol–water partition coefficient (Wildman–Crippen LogP) is 7.45. The minimum atomic E-state index is -0.227. The predicted molar refractivity (Wildman–Crippen MR) is 108 cm³/mol. The van der Waals surface area contributed by atoms with Gasteiger partial charge in [-0.15, -0.1) is 0 Å². The Hall–Kier alpha value is -2.91. The third kappa shape index (κ3) is 4.26. The largest absolute Gasteiger partial charge is 0.207 e. The van der Waals surface area contributed by atoms with Gasteiger partial charge in [0.1, 0.15) is 11.6 Å². The summed E-state index contributed by atoms with van der Waals surface area (Å²) in [7, 11) is 0. The summed E-state index contributed by atoms with van der Waals surface area (Å²) in [5, 5.41) is 0. The maximum atomic E-state index is 13.0. The first kappa shape index (κ1) is 17.5. The Bertz CT molecular complexity index is 933. The van der Waals surface area contributed by atoms with Gasteiger partial charge in [-0.25, -0.2) is 8.78 Å². The quantitative estimate of drug-likeness (QED) is 0.357. The Labute approximate surface area is 161 Å². The average molecular weight is 374 g/mol. The molecule has 0 amide bonds. The lowest BCUT2D eigenvalue weighted by molar-refractivity contribution is 0.627. The molecule has 0 spiro atoms. The Balaban J connectivity index is 1.47. The lowest BCUT2D eigenvalue weighted by atomic mass is 10.1. The first-order chi connectivity index (χ1) is 13.2. The van der Waals surface area contributed by atoms with Gasteiger partial charge in [-0.05, 0) is 70.8 Å². The molecule has 0 heterocycles. The fourth-order valence-electron chi connectivity index (χ4n) is 2.85. The highest BCUT2D eigenvalue weighted by Gasteiger charge is 2.03. The van der Waals surface area contributed by atoms with E-state index in [2.05, 4.69) is 24.3 Å². The van der Waals surface area contributed by atoms with Gasteiger partial charge in [0.15, 0.2) is 0 Å². The van der Waals surface area contributed by atoms with Gasteiger partial charge in [-0.3, -0.25) is 0 Å². The molecule has 0 saturated heterocycles. The van der Waals surface area contributed by atoms with Gasteiger partial charge in [-0.1, -0.05) is 60.3 Å². The fraction of sp³-hybridized carbons (Fsp3) is 0. The number of hydrogen-bond acceptors (Lipinski definition) is 1. The highest BCUT2D eigenvalue weighted by Crippen LogP contribution is 2.31. The maximum absolute atomic E-state index is 13.0. The summed E-state index contributed by atoms with van der Waals surface area (Å²) in [5.74, 6) is -0.454. The van der Waals surface area contributed by atoms with Crippen LogP contribution in [0, 0.1) is 11.6 Å². The van der Waals surface area contributed by atoms with Crippen molar-refractivity contribution in [3.63, 3.8) is 0 Å². The molecule has 0 atom stereocenters. The summed E-state index contributed by atoms with van der Waals surface area (Å²) in [6.45, 7) is 0. The Morgan fingerprint density at radius 2 is 0.630 bits per heavy atom. The molecule has 0 fully saturated rings. The number of benzene rings is 4. The molecule has 4 aromatic carbocycles. The smallest absolute Gasteiger partial charge is 0.123 e. The van der Waals surface area contributed by atoms with Crippen molar-refractivity contribution in [2.24, 2.45) is 0 Å². The van der Waals surface area contributed by atoms with Crippen molar-refractivity contribution in [3.05, 3.63) is 109 Å². The van der Waals surface area contributed by atoms with Crippen LogP contribution in [0.4, 0.5) is 8.78 Å². The first-order valence-corrected chi connectivity index (χ1v) is 9.39. The molecule has 0 aliphatic carbocycles. The van der Waals surface area contributed by atoms with Gasteiger partial charge in [-0.2, -0.15) is 0 Å². The van der Waals surface area contributed by atoms with E-state index in [1.54, 1.807) is 36.0 Å². The average Bonchev–Trinajstić information content (AvgIpc) is 2.71. The van der Waals surface area contributed by atoms with Crippen LogP contribution in [-0.2, 0) is 0 Å². The van der Waals surface area contributed by atoms with E-state index in [1.807, 2.05) is 24.3 Å². The molecule has 0 aliphatic heterocycles. The summed E-state index contributed by atoms with van der Waals surface area (Å²) in [6.07, 6.45) is 0. The van der Waals surface area contributed by atoms with Crippen LogP contribution in [0.2, 0.25) is 0 Å². The van der Waals surface area contributed by atoms with E-state index < -0.39 is 0 Å². The van der Waals surface area contributed by atoms with Crippen LogP contribution in [0.15, 0.2) is 107 Å². The molecule has 4 aromatic rings. The molecule has 0 bridgehead atoms. The van der Waals surface area contributed by atoms with E-state index in [0.717, 1.165) is 32.0 Å². The lowest BCUT2D eigenvalue weighted by Gasteiger charge is -2.06. The van der Waals surface area contributed by atoms with E-state index in [9.17, 15) is 8.78 Å². The Morgan fingerprint density at radius 3 is 0.926 bits per heavy atom. The monoisotopic (exact) mass is 374 g/mol. The van der Waals surface area contributed by atoms with Crippen LogP contribution >= 0.6 is 11.8 Å². The number of hydrogen-bond donors (Lipinski definition) is 0. The summed E-state index contributed by atoms with van der Waals surface area (Å²) in [6, 6.07) is 29.5. The topological polar surface area (TPSA) is 0 Å². The van der Waals surface area contributed by atoms with Crippen LogP contribution in [-0.4, -0.2) is 0 Å². The van der Waals surface area contributed by atoms with Gasteiger partial charge in [0.2, 0.25) is 0 Å². The Morgan fingerprint density at radius 1 is 0.370 bits per heavy atom. The standard InChI is InChI=1S/C24H16F2S/c25-21-9-1-17(2-10-21)19-5-13-23(14-6-19)27-24-15-7-20(8-16-24)18-3-11-22(26)12-4-18/h1-16H. The van der Waals surface area contributed by atoms with Crippen molar-refractivity contribution in [1.82, 2.24) is 0 Å². The lowest BCUT2D eigenvalue weighted by Crippen LogP contribution is -1.81. The molecular formula is C24H16F2S. The minimum absolute atomic E-state index is 0.227. The summed E-state index contributed by atoms with van der Waals surface area (Å²) < 4.78 is 26.1. The zero-order valence-corrected chi connectivity index (χ0v) is 15.2. The number of rotatable bonds is 4. The molecule has 0 nitrogen and oxygen atoms in total. The molecule has 3 heteroatoms. The molecule has 0 N–H and O–H groups in total. The van der Waals surface area contributed by atoms with Crippen LogP contribution in [0.5, 0.6) is 0 Å². The summed E-state index contributed by atoms with van der Waals surface area (Å²) in [4.78, 5) is 2.27. The zero-order valence-electron chi connectivity index (χ0n) is 14.4. The van der Waals surface area contributed by atoms with Gasteiger partial charge in [0.05, 0.1) is 0 Å². The van der Waals surface area contributed by atoms with Gasteiger partial charge in [0, 0.05) is 9.79 Å². The van der Waals surface area contributed by atoms with Crippen molar-refractivity contribution >= 4 is 11.8 Å². The highest BCUT2D eigenvalue weighted by atomic mass is 32.2. The molecular weight excluding hydrogens is 358 g/mol. The second-order valence-corrected chi connectivity index (χ2v) is 7.31. The summed E-state index contributed by atoms with van der Waals surface area (Å²) >= 11 is 1.68. The van der Waals surface area contributed by atoms with Gasteiger partial charge >= 0.3 is 0 Å².